The van der Waals surface area contributed by atoms with Crippen molar-refractivity contribution in [2.24, 2.45) is 20.5 Å². The maximum atomic E-state index is 11.2. The Kier molecular flexibility index (Phi) is 14.7. The van der Waals surface area contributed by atoms with Crippen LogP contribution in [0.25, 0.3) is 55.2 Å². The molecule has 2 aromatic heterocycles. The first-order chi connectivity index (χ1) is 34.6. The predicted octanol–water partition coefficient (Wildman–Crippen LogP) is 15.8. The maximum absolute atomic E-state index is 11.2. The molecule has 2 heterocycles. The van der Waals surface area contributed by atoms with Crippen LogP contribution < -0.4 is 0 Å². The van der Waals surface area contributed by atoms with Crippen LogP contribution in [-0.4, -0.2) is 42.4 Å². The average Bonchev–Trinajstić information content (AvgIpc) is 4.01. The van der Waals surface area contributed by atoms with Gasteiger partial charge < -0.3 is 19.3 Å². The molecule has 71 heavy (non-hydrogen) atoms. The number of azo groups is 2. The van der Waals surface area contributed by atoms with E-state index in [2.05, 4.69) is 107 Å². The second-order valence-corrected chi connectivity index (χ2v) is 18.5. The number of unbranched alkanes of at least 4 members (excludes halogenated alkanes) is 6. The summed E-state index contributed by atoms with van der Waals surface area (Å²) in [6.45, 7) is 5.22. The zero-order valence-electron chi connectivity index (χ0n) is 40.2. The molecule has 6 aromatic carbocycles. The number of nitrogens with zero attached hydrogens (tertiary/aromatic N) is 8. The van der Waals surface area contributed by atoms with Crippen molar-refractivity contribution in [1.29, 1.82) is 0 Å². The molecule has 14 nitrogen and oxygen atoms in total. The third-order valence-corrected chi connectivity index (χ3v) is 14.0. The smallest absolute Gasteiger partial charge is 0.269 e. The van der Waals surface area contributed by atoms with Gasteiger partial charge in [-0.3, -0.25) is 20.2 Å². The second kappa shape index (κ2) is 21.5. The number of aliphatic hydroxyl groups is 2. The molecule has 0 fully saturated rings. The van der Waals surface area contributed by atoms with Crippen molar-refractivity contribution >= 4 is 55.9 Å². The van der Waals surface area contributed by atoms with Gasteiger partial charge in [-0.15, -0.1) is 10.2 Å². The van der Waals surface area contributed by atoms with E-state index in [-0.39, 0.29) is 30.0 Å². The summed E-state index contributed by atoms with van der Waals surface area (Å²) in [6, 6.07) is 38.7. The fourth-order valence-electron chi connectivity index (χ4n) is 10.4. The molecule has 0 atom stereocenters. The summed E-state index contributed by atoms with van der Waals surface area (Å²) in [5.41, 5.74) is 13.4. The van der Waals surface area contributed by atoms with E-state index in [1.807, 2.05) is 21.5 Å². The van der Waals surface area contributed by atoms with Gasteiger partial charge in [0.25, 0.3) is 11.4 Å². The second-order valence-electron chi connectivity index (χ2n) is 18.5. The molecule has 0 unspecified atom stereocenters. The highest BCUT2D eigenvalue weighted by Gasteiger charge is 2.42. The maximum Gasteiger partial charge on any atom is 0.269 e. The Bertz CT molecular complexity index is 3060. The van der Waals surface area contributed by atoms with Crippen molar-refractivity contribution < 1.29 is 20.1 Å². The third kappa shape index (κ3) is 10.0. The van der Waals surface area contributed by atoms with E-state index >= 15 is 0 Å². The van der Waals surface area contributed by atoms with Crippen LogP contribution in [0.1, 0.15) is 89.2 Å². The summed E-state index contributed by atoms with van der Waals surface area (Å²) < 4.78 is 3.96. The van der Waals surface area contributed by atoms with Crippen LogP contribution in [0.15, 0.2) is 154 Å². The zero-order chi connectivity index (χ0) is 49.5. The van der Waals surface area contributed by atoms with Crippen molar-refractivity contribution in [2.45, 2.75) is 96.6 Å². The van der Waals surface area contributed by atoms with Gasteiger partial charge in [0, 0.05) is 65.9 Å². The molecule has 0 saturated carbocycles. The lowest BCUT2D eigenvalue weighted by molar-refractivity contribution is -0.385. The first-order valence-electron chi connectivity index (χ1n) is 24.7. The van der Waals surface area contributed by atoms with Crippen molar-refractivity contribution in [3.63, 3.8) is 0 Å². The molecule has 8 aromatic rings. The molecule has 1 aliphatic carbocycles. The van der Waals surface area contributed by atoms with Gasteiger partial charge in [0.05, 0.1) is 45.5 Å². The topological polar surface area (TPSA) is 186 Å². The molecule has 0 spiro atoms. The lowest BCUT2D eigenvalue weighted by Gasteiger charge is -2.33. The Labute approximate surface area is 412 Å². The average molecular weight is 951 g/mol. The van der Waals surface area contributed by atoms with Crippen molar-refractivity contribution in [3.8, 4) is 33.4 Å². The van der Waals surface area contributed by atoms with E-state index in [1.165, 1.54) is 59.4 Å². The number of hydrogen-bond acceptors (Lipinski definition) is 10. The highest BCUT2D eigenvalue weighted by molar-refractivity contribution is 5.97. The van der Waals surface area contributed by atoms with Gasteiger partial charge in [-0.25, -0.2) is 0 Å². The van der Waals surface area contributed by atoms with Crippen molar-refractivity contribution in [1.82, 2.24) is 9.13 Å². The van der Waals surface area contributed by atoms with Crippen LogP contribution >= 0.6 is 0 Å². The van der Waals surface area contributed by atoms with Gasteiger partial charge >= 0.3 is 0 Å². The standard InChI is InChI=1S/C57H58N8O6/c1-3-5-7-9-27-57(28-10-8-6-4-2)51-35-41(39-13-25-55-49(33-39)53(37-62(55)29-31-66)60-58-43-15-19-45(20-16-43)64(68)69)11-23-47(51)48-24-12-42(36-52(48)57)40-14-26-56-50(34-40)54(38-63(56)30-32-67)61-59-44-17-21-46(22-18-44)65(70)71/h11-26,33-38,66-67H,3-10,27-32H2,1-2H3. The highest BCUT2D eigenvalue weighted by Crippen LogP contribution is 2.56. The fourth-order valence-corrected chi connectivity index (χ4v) is 10.4. The number of aromatic nitrogens is 2. The Hall–Kier alpha value is -7.68. The minimum atomic E-state index is -0.439. The lowest BCUT2D eigenvalue weighted by atomic mass is 9.70. The van der Waals surface area contributed by atoms with Crippen LogP contribution in [0.5, 0.6) is 0 Å². The van der Waals surface area contributed by atoms with Crippen LogP contribution in [-0.2, 0) is 18.5 Å². The number of rotatable bonds is 22. The summed E-state index contributed by atoms with van der Waals surface area (Å²) >= 11 is 0. The van der Waals surface area contributed by atoms with Gasteiger partial charge in [-0.05, 0) is 118 Å². The van der Waals surface area contributed by atoms with Crippen LogP contribution in [0.3, 0.4) is 0 Å². The first kappa shape index (κ1) is 48.3. The van der Waals surface area contributed by atoms with Gasteiger partial charge in [0.1, 0.15) is 11.4 Å². The van der Waals surface area contributed by atoms with Crippen LogP contribution in [0.2, 0.25) is 0 Å². The first-order valence-corrected chi connectivity index (χ1v) is 24.7. The van der Waals surface area contributed by atoms with Crippen molar-refractivity contribution in [3.05, 3.63) is 165 Å². The van der Waals surface area contributed by atoms with Gasteiger partial charge in [0.15, 0.2) is 0 Å². The summed E-state index contributed by atoms with van der Waals surface area (Å²) in [5.74, 6) is 0. The fraction of sp³-hybridized carbons (Fsp3) is 0.298. The molecule has 14 heteroatoms. The third-order valence-electron chi connectivity index (χ3n) is 14.0. The van der Waals surface area contributed by atoms with E-state index in [0.29, 0.717) is 35.8 Å². The number of non-ortho nitro benzene ring substituents is 2. The number of nitro groups is 2. The molecule has 0 bridgehead atoms. The molecule has 1 aliphatic rings. The molecule has 2 N–H and O–H groups in total. The Morgan fingerprint density at radius 2 is 0.887 bits per heavy atom. The summed E-state index contributed by atoms with van der Waals surface area (Å²) in [6.07, 6.45) is 15.1. The number of nitro benzene ring substituents is 2. The molecule has 0 aliphatic heterocycles. The highest BCUT2D eigenvalue weighted by atomic mass is 16.6. The molecular weight excluding hydrogens is 893 g/mol. The minimum Gasteiger partial charge on any atom is -0.395 e. The van der Waals surface area contributed by atoms with Crippen LogP contribution in [0.4, 0.5) is 34.1 Å². The monoisotopic (exact) mass is 950 g/mol. The number of hydrogen-bond donors (Lipinski definition) is 2. The predicted molar refractivity (Wildman–Crippen MR) is 281 cm³/mol. The van der Waals surface area contributed by atoms with Gasteiger partial charge in [-0.1, -0.05) is 102 Å². The molecule has 0 radical (unpaired) electrons. The Morgan fingerprint density at radius 3 is 1.27 bits per heavy atom. The van der Waals surface area contributed by atoms with E-state index < -0.39 is 9.85 Å². The van der Waals surface area contributed by atoms with Gasteiger partial charge in [0.2, 0.25) is 0 Å². The van der Waals surface area contributed by atoms with E-state index in [4.69, 9.17) is 0 Å². The SMILES string of the molecule is CCCCCCC1(CCCCCC)c2cc(-c3ccc4c(c3)c(N=Nc3ccc([N+](=O)[O-])cc3)cn4CCO)ccc2-c2ccc(-c3ccc4c(c3)c(N=Nc3ccc([N+](=O)[O-])cc3)cn4CCO)cc21. The normalized spacial score (nSPS) is 13.0. The number of benzene rings is 6. The number of aliphatic hydroxyl groups excluding tert-OH is 2. The van der Waals surface area contributed by atoms with Crippen LogP contribution in [0, 0.1) is 20.2 Å². The largest absolute Gasteiger partial charge is 0.395 e. The Morgan fingerprint density at radius 1 is 0.493 bits per heavy atom. The summed E-state index contributed by atoms with van der Waals surface area (Å²) in [7, 11) is 0. The summed E-state index contributed by atoms with van der Waals surface area (Å²) in [4.78, 5) is 21.6. The molecule has 362 valence electrons. The molecule has 0 amide bonds. The van der Waals surface area contributed by atoms with E-state index in [1.54, 1.807) is 24.3 Å². The zero-order valence-corrected chi connectivity index (χ0v) is 40.2. The minimum absolute atomic E-state index is 0.0144. The van der Waals surface area contributed by atoms with E-state index in [9.17, 15) is 30.4 Å². The van der Waals surface area contributed by atoms with Crippen molar-refractivity contribution in [2.75, 3.05) is 13.2 Å². The molecule has 9 rings (SSSR count). The quantitative estimate of drug-likeness (QED) is 0.0294. The van der Waals surface area contributed by atoms with Gasteiger partial charge in [-0.2, -0.15) is 10.2 Å². The molecular formula is C57H58N8O6. The lowest BCUT2D eigenvalue weighted by Crippen LogP contribution is -2.25. The summed E-state index contributed by atoms with van der Waals surface area (Å²) in [5, 5.41) is 62.4. The number of fused-ring (bicyclic) bond motifs is 5. The Balaban J connectivity index is 1.13. The molecule has 0 saturated heterocycles. The van der Waals surface area contributed by atoms with E-state index in [0.717, 1.165) is 95.4 Å².